The van der Waals surface area contributed by atoms with Gasteiger partial charge in [-0.25, -0.2) is 0 Å². The van der Waals surface area contributed by atoms with Gasteiger partial charge in [-0.05, 0) is 25.7 Å². The van der Waals surface area contributed by atoms with E-state index in [4.69, 9.17) is 0 Å². The van der Waals surface area contributed by atoms with Crippen molar-refractivity contribution >= 4 is 5.78 Å². The number of allylic oxidation sites excluding steroid dienone is 1. The van der Waals surface area contributed by atoms with Crippen LogP contribution in [0.5, 0.6) is 0 Å². The van der Waals surface area contributed by atoms with Crippen molar-refractivity contribution in [1.82, 2.24) is 4.90 Å². The zero-order valence-electron chi connectivity index (χ0n) is 10.3. The van der Waals surface area contributed by atoms with Crippen LogP contribution >= 0.6 is 0 Å². The molecule has 0 aromatic rings. The first-order chi connectivity index (χ1) is 6.29. The summed E-state index contributed by atoms with van der Waals surface area (Å²) < 4.78 is 0. The molecule has 0 unspecified atom stereocenters. The fourth-order valence-electron chi connectivity index (χ4n) is 1.23. The van der Waals surface area contributed by atoms with E-state index in [1.165, 1.54) is 0 Å². The van der Waals surface area contributed by atoms with Crippen molar-refractivity contribution in [2.75, 3.05) is 7.05 Å². The monoisotopic (exact) mass is 197 g/mol. The van der Waals surface area contributed by atoms with Gasteiger partial charge in [0.05, 0.1) is 6.04 Å². The maximum absolute atomic E-state index is 11.2. The molecule has 0 aliphatic carbocycles. The summed E-state index contributed by atoms with van der Waals surface area (Å²) in [6, 6.07) is -0.0660. The van der Waals surface area contributed by atoms with Crippen LogP contribution in [0.3, 0.4) is 0 Å². The van der Waals surface area contributed by atoms with Crippen LogP contribution in [0.1, 0.15) is 34.6 Å². The molecule has 0 N–H and O–H groups in total. The maximum atomic E-state index is 11.2. The first-order valence-electron chi connectivity index (χ1n) is 5.21. The Kier molecular flexibility index (Phi) is 4.89. The second-order valence-electron chi connectivity index (χ2n) is 4.42. The van der Waals surface area contributed by atoms with E-state index in [2.05, 4.69) is 27.4 Å². The van der Waals surface area contributed by atoms with Crippen LogP contribution < -0.4 is 0 Å². The van der Waals surface area contributed by atoms with Gasteiger partial charge in [0.2, 0.25) is 0 Å². The average molecular weight is 197 g/mol. The number of rotatable bonds is 5. The summed E-state index contributed by atoms with van der Waals surface area (Å²) in [7, 11) is 1.94. The van der Waals surface area contributed by atoms with E-state index in [0.29, 0.717) is 11.8 Å². The molecule has 2 nitrogen and oxygen atoms in total. The molecule has 0 rings (SSSR count). The van der Waals surface area contributed by atoms with Crippen LogP contribution in [0.25, 0.3) is 0 Å². The molecular formula is C12H23NO. The molecule has 0 aromatic heterocycles. The van der Waals surface area contributed by atoms with Crippen LogP contribution in [0.2, 0.25) is 0 Å². The minimum absolute atomic E-state index is 0.0660. The number of hydrogen-bond acceptors (Lipinski definition) is 2. The van der Waals surface area contributed by atoms with Crippen molar-refractivity contribution in [3.63, 3.8) is 0 Å². The van der Waals surface area contributed by atoms with Gasteiger partial charge >= 0.3 is 0 Å². The number of ketones is 1. The average Bonchev–Trinajstić information content (AvgIpc) is 2.12. The molecule has 0 amide bonds. The molecule has 0 heterocycles. The van der Waals surface area contributed by atoms with Gasteiger partial charge in [0.25, 0.3) is 0 Å². The molecular weight excluding hydrogens is 174 g/mol. The smallest absolute Gasteiger partial charge is 0.151 e. The number of carbonyl (C=O) groups is 1. The summed E-state index contributed by atoms with van der Waals surface area (Å²) in [6.07, 6.45) is 0. The third-order valence-corrected chi connectivity index (χ3v) is 3.15. The Bertz CT molecular complexity index is 220. The van der Waals surface area contributed by atoms with Crippen LogP contribution in [-0.2, 0) is 4.79 Å². The van der Waals surface area contributed by atoms with E-state index >= 15 is 0 Å². The van der Waals surface area contributed by atoms with Crippen LogP contribution in [-0.4, -0.2) is 23.8 Å². The van der Waals surface area contributed by atoms with E-state index in [1.807, 2.05) is 18.9 Å². The first-order valence-corrected chi connectivity index (χ1v) is 5.21. The lowest BCUT2D eigenvalue weighted by Gasteiger charge is -2.32. The minimum Gasteiger partial charge on any atom is -0.368 e. The molecule has 0 spiro atoms. The molecule has 0 fully saturated rings. The van der Waals surface area contributed by atoms with E-state index in [0.717, 1.165) is 5.70 Å². The Hall–Kier alpha value is -0.790. The summed E-state index contributed by atoms with van der Waals surface area (Å²) in [6.45, 7) is 14.1. The molecule has 0 aliphatic heterocycles. The van der Waals surface area contributed by atoms with Crippen molar-refractivity contribution in [3.8, 4) is 0 Å². The minimum atomic E-state index is -0.0660. The van der Waals surface area contributed by atoms with Gasteiger partial charge in [-0.15, -0.1) is 0 Å². The molecule has 0 aliphatic rings. The first kappa shape index (κ1) is 13.2. The van der Waals surface area contributed by atoms with Crippen molar-refractivity contribution in [2.24, 2.45) is 11.8 Å². The standard InChI is InChI=1S/C12H23NO/c1-8(2)9(3)10(4)13(7)11(5)12(6)14/h8-9,11H,4H2,1-3,5-7H3/t9-,11-/m0/s1. The van der Waals surface area contributed by atoms with Gasteiger partial charge < -0.3 is 4.90 Å². The lowest BCUT2D eigenvalue weighted by atomic mass is 9.94. The second-order valence-corrected chi connectivity index (χ2v) is 4.42. The normalized spacial score (nSPS) is 15.1. The second kappa shape index (κ2) is 5.18. The summed E-state index contributed by atoms with van der Waals surface area (Å²) in [5.41, 5.74) is 1.04. The predicted molar refractivity (Wildman–Crippen MR) is 61.0 cm³/mol. The van der Waals surface area contributed by atoms with Crippen molar-refractivity contribution < 1.29 is 4.79 Å². The topological polar surface area (TPSA) is 20.3 Å². The Morgan fingerprint density at radius 1 is 1.21 bits per heavy atom. The Morgan fingerprint density at radius 2 is 1.64 bits per heavy atom. The summed E-state index contributed by atoms with van der Waals surface area (Å²) in [4.78, 5) is 13.2. The zero-order valence-corrected chi connectivity index (χ0v) is 10.3. The summed E-state index contributed by atoms with van der Waals surface area (Å²) >= 11 is 0. The molecule has 2 heteroatoms. The number of carbonyl (C=O) groups excluding carboxylic acids is 1. The van der Waals surface area contributed by atoms with Gasteiger partial charge in [-0.3, -0.25) is 4.79 Å². The highest BCUT2D eigenvalue weighted by Gasteiger charge is 2.20. The molecule has 82 valence electrons. The van der Waals surface area contributed by atoms with E-state index < -0.39 is 0 Å². The number of Topliss-reactive ketones (excluding diaryl/α,β-unsaturated/α-hetero) is 1. The lowest BCUT2D eigenvalue weighted by Crippen LogP contribution is -2.36. The van der Waals surface area contributed by atoms with Crippen molar-refractivity contribution in [1.29, 1.82) is 0 Å². The molecule has 0 radical (unpaired) electrons. The summed E-state index contributed by atoms with van der Waals surface area (Å²) in [5, 5.41) is 0. The highest BCUT2D eigenvalue weighted by Crippen LogP contribution is 2.22. The fourth-order valence-corrected chi connectivity index (χ4v) is 1.23. The van der Waals surface area contributed by atoms with E-state index in [9.17, 15) is 4.79 Å². The van der Waals surface area contributed by atoms with E-state index in [1.54, 1.807) is 6.92 Å². The fraction of sp³-hybridized carbons (Fsp3) is 0.750. The largest absolute Gasteiger partial charge is 0.368 e. The number of likely N-dealkylation sites (N-methyl/N-ethyl adjacent to an activating group) is 1. The third kappa shape index (κ3) is 3.17. The molecule has 2 atom stereocenters. The Morgan fingerprint density at radius 3 is 1.93 bits per heavy atom. The predicted octanol–water partition coefficient (Wildman–Crippen LogP) is 2.70. The van der Waals surface area contributed by atoms with Gasteiger partial charge in [-0.2, -0.15) is 0 Å². The molecule has 14 heavy (non-hydrogen) atoms. The SMILES string of the molecule is C=C([C@@H](C)C(C)C)N(C)[C@@H](C)C(C)=O. The molecule has 0 saturated heterocycles. The van der Waals surface area contributed by atoms with Crippen LogP contribution in [0.15, 0.2) is 12.3 Å². The van der Waals surface area contributed by atoms with Gasteiger partial charge in [0, 0.05) is 12.7 Å². The van der Waals surface area contributed by atoms with E-state index in [-0.39, 0.29) is 11.8 Å². The molecule has 0 saturated carbocycles. The zero-order chi connectivity index (χ0) is 11.5. The van der Waals surface area contributed by atoms with Crippen molar-refractivity contribution in [2.45, 2.75) is 40.7 Å². The Labute approximate surface area is 88.0 Å². The maximum Gasteiger partial charge on any atom is 0.151 e. The van der Waals surface area contributed by atoms with Gasteiger partial charge in [0.1, 0.15) is 0 Å². The van der Waals surface area contributed by atoms with Crippen molar-refractivity contribution in [3.05, 3.63) is 12.3 Å². The van der Waals surface area contributed by atoms with Crippen LogP contribution in [0.4, 0.5) is 0 Å². The highest BCUT2D eigenvalue weighted by molar-refractivity contribution is 5.81. The van der Waals surface area contributed by atoms with Gasteiger partial charge in [-0.1, -0.05) is 27.4 Å². The number of hydrogen-bond donors (Lipinski definition) is 0. The number of nitrogens with zero attached hydrogens (tertiary/aromatic N) is 1. The van der Waals surface area contributed by atoms with Crippen LogP contribution in [0, 0.1) is 11.8 Å². The Balaban J connectivity index is 4.46. The quantitative estimate of drug-likeness (QED) is 0.675. The van der Waals surface area contributed by atoms with Gasteiger partial charge in [0.15, 0.2) is 5.78 Å². The summed E-state index contributed by atoms with van der Waals surface area (Å²) in [5.74, 6) is 1.16. The molecule has 0 aromatic carbocycles. The third-order valence-electron chi connectivity index (χ3n) is 3.15. The highest BCUT2D eigenvalue weighted by atomic mass is 16.1. The molecule has 0 bridgehead atoms. The lowest BCUT2D eigenvalue weighted by molar-refractivity contribution is -0.120.